The first-order valence-electron chi connectivity index (χ1n) is 5.92. The molecule has 0 spiro atoms. The van der Waals surface area contributed by atoms with Gasteiger partial charge in [0.2, 0.25) is 0 Å². The highest BCUT2D eigenvalue weighted by atomic mass is 19.4. The fraction of sp³-hybridized carbons (Fsp3) is 0.143. The molecule has 0 aliphatic heterocycles. The minimum absolute atomic E-state index is 0.468. The van der Waals surface area contributed by atoms with Crippen molar-refractivity contribution >= 4 is 12.0 Å². The lowest BCUT2D eigenvalue weighted by molar-refractivity contribution is -0.141. The van der Waals surface area contributed by atoms with E-state index in [0.29, 0.717) is 11.3 Å². The number of aryl methyl sites for hydroxylation is 1. The number of hydrogen-bond acceptors (Lipinski definition) is 2. The summed E-state index contributed by atoms with van der Waals surface area (Å²) in [6.45, 7) is 1.74. The molecule has 0 saturated carbocycles. The maximum atomic E-state index is 12.5. The van der Waals surface area contributed by atoms with Gasteiger partial charge in [0.05, 0.1) is 5.69 Å². The molecule has 0 atom stereocenters. The lowest BCUT2D eigenvalue weighted by Gasteiger charge is -2.06. The average Bonchev–Trinajstić information content (AvgIpc) is 2.86. The molecule has 0 aliphatic rings. The van der Waals surface area contributed by atoms with Crippen LogP contribution in [-0.2, 0) is 11.0 Å². The number of benzene rings is 1. The number of rotatable bonds is 3. The molecular weight excluding hydrogens is 285 g/mol. The summed E-state index contributed by atoms with van der Waals surface area (Å²) in [6, 6.07) is 5.73. The summed E-state index contributed by atoms with van der Waals surface area (Å²) >= 11 is 0. The van der Waals surface area contributed by atoms with Gasteiger partial charge >= 0.3 is 12.1 Å². The largest absolute Gasteiger partial charge is 0.478 e. The van der Waals surface area contributed by atoms with Gasteiger partial charge in [-0.1, -0.05) is 6.07 Å². The van der Waals surface area contributed by atoms with Gasteiger partial charge in [0.25, 0.3) is 0 Å². The SMILES string of the molecule is Cc1cc(-n2ccc(C(F)(F)F)n2)ccc1C=CC(=O)O. The quantitative estimate of drug-likeness (QED) is 0.884. The van der Waals surface area contributed by atoms with Gasteiger partial charge in [-0.15, -0.1) is 0 Å². The van der Waals surface area contributed by atoms with Crippen molar-refractivity contribution in [2.45, 2.75) is 13.1 Å². The second kappa shape index (κ2) is 5.43. The van der Waals surface area contributed by atoms with Gasteiger partial charge in [-0.05, 0) is 42.3 Å². The first-order chi connectivity index (χ1) is 9.77. The zero-order chi connectivity index (χ0) is 15.6. The Labute approximate surface area is 118 Å². The fourth-order valence-electron chi connectivity index (χ4n) is 1.77. The van der Waals surface area contributed by atoms with Crippen molar-refractivity contribution in [3.8, 4) is 5.69 Å². The van der Waals surface area contributed by atoms with Gasteiger partial charge in [0, 0.05) is 12.3 Å². The van der Waals surface area contributed by atoms with Gasteiger partial charge in [0.1, 0.15) is 0 Å². The molecule has 0 fully saturated rings. The van der Waals surface area contributed by atoms with Crippen LogP contribution in [0.15, 0.2) is 36.5 Å². The molecular formula is C14H11F3N2O2. The van der Waals surface area contributed by atoms with Crippen LogP contribution < -0.4 is 0 Å². The molecule has 2 rings (SSSR count). The van der Waals surface area contributed by atoms with Gasteiger partial charge in [-0.2, -0.15) is 18.3 Å². The molecule has 2 aromatic rings. The number of aromatic nitrogens is 2. The Hall–Kier alpha value is -2.57. The van der Waals surface area contributed by atoms with Crippen molar-refractivity contribution in [2.75, 3.05) is 0 Å². The van der Waals surface area contributed by atoms with E-state index in [1.807, 2.05) is 0 Å². The first kappa shape index (κ1) is 14.8. The van der Waals surface area contributed by atoms with Crippen LogP contribution in [0.2, 0.25) is 0 Å². The van der Waals surface area contributed by atoms with Crippen LogP contribution in [0.4, 0.5) is 13.2 Å². The Morgan fingerprint density at radius 1 is 1.33 bits per heavy atom. The van der Waals surface area contributed by atoms with E-state index in [-0.39, 0.29) is 0 Å². The number of carbonyl (C=O) groups is 1. The predicted molar refractivity (Wildman–Crippen MR) is 70.0 cm³/mol. The van der Waals surface area contributed by atoms with Crippen LogP contribution in [0.25, 0.3) is 11.8 Å². The number of hydrogen-bond donors (Lipinski definition) is 1. The molecule has 21 heavy (non-hydrogen) atoms. The minimum atomic E-state index is -4.48. The maximum Gasteiger partial charge on any atom is 0.435 e. The first-order valence-corrected chi connectivity index (χ1v) is 5.92. The predicted octanol–water partition coefficient (Wildman–Crippen LogP) is 3.30. The van der Waals surface area contributed by atoms with E-state index in [0.717, 1.165) is 22.4 Å². The van der Waals surface area contributed by atoms with Crippen molar-refractivity contribution in [1.29, 1.82) is 0 Å². The van der Waals surface area contributed by atoms with E-state index >= 15 is 0 Å². The molecule has 0 saturated heterocycles. The fourth-order valence-corrected chi connectivity index (χ4v) is 1.77. The van der Waals surface area contributed by atoms with Crippen LogP contribution in [0.5, 0.6) is 0 Å². The second-order valence-electron chi connectivity index (χ2n) is 4.36. The van der Waals surface area contributed by atoms with Crippen molar-refractivity contribution in [3.63, 3.8) is 0 Å². The molecule has 0 bridgehead atoms. The number of carboxylic acid groups (broad SMARTS) is 1. The standard InChI is InChI=1S/C14H11F3N2O2/c1-9-8-11(4-2-10(9)3-5-13(20)21)19-7-6-12(18-19)14(15,16)17/h2-8H,1H3,(H,20,21). The van der Waals surface area contributed by atoms with E-state index in [9.17, 15) is 18.0 Å². The summed E-state index contributed by atoms with van der Waals surface area (Å²) in [5.74, 6) is -1.07. The normalized spacial score (nSPS) is 12.0. The number of aliphatic carboxylic acids is 1. The van der Waals surface area contributed by atoms with Gasteiger partial charge in [-0.3, -0.25) is 0 Å². The summed E-state index contributed by atoms with van der Waals surface area (Å²) in [4.78, 5) is 10.5. The minimum Gasteiger partial charge on any atom is -0.478 e. The van der Waals surface area contributed by atoms with Crippen molar-refractivity contribution in [2.24, 2.45) is 0 Å². The number of alkyl halides is 3. The van der Waals surface area contributed by atoms with E-state index in [2.05, 4.69) is 5.10 Å². The number of halogens is 3. The Balaban J connectivity index is 2.32. The second-order valence-corrected chi connectivity index (χ2v) is 4.36. The van der Waals surface area contributed by atoms with Gasteiger partial charge < -0.3 is 5.11 Å². The smallest absolute Gasteiger partial charge is 0.435 e. The Bertz CT molecular complexity index is 702. The number of carboxylic acids is 1. The lowest BCUT2D eigenvalue weighted by atomic mass is 10.1. The van der Waals surface area contributed by atoms with Crippen LogP contribution in [-0.4, -0.2) is 20.9 Å². The molecule has 1 N–H and O–H groups in total. The number of nitrogens with zero attached hydrogens (tertiary/aromatic N) is 2. The monoisotopic (exact) mass is 296 g/mol. The Morgan fingerprint density at radius 3 is 2.57 bits per heavy atom. The third kappa shape index (κ3) is 3.50. The third-order valence-electron chi connectivity index (χ3n) is 2.80. The highest BCUT2D eigenvalue weighted by Gasteiger charge is 2.33. The highest BCUT2D eigenvalue weighted by Crippen LogP contribution is 2.28. The van der Waals surface area contributed by atoms with Gasteiger partial charge in [-0.25, -0.2) is 9.48 Å². The van der Waals surface area contributed by atoms with Crippen LogP contribution in [0.1, 0.15) is 16.8 Å². The summed E-state index contributed by atoms with van der Waals surface area (Å²) in [5.41, 5.74) is 0.906. The zero-order valence-electron chi connectivity index (χ0n) is 10.9. The van der Waals surface area contributed by atoms with Crippen LogP contribution in [0.3, 0.4) is 0 Å². The molecule has 0 radical (unpaired) electrons. The van der Waals surface area contributed by atoms with Crippen molar-refractivity contribution in [1.82, 2.24) is 9.78 Å². The molecule has 7 heteroatoms. The maximum absolute atomic E-state index is 12.5. The van der Waals surface area contributed by atoms with E-state index < -0.39 is 17.8 Å². The average molecular weight is 296 g/mol. The van der Waals surface area contributed by atoms with Crippen molar-refractivity contribution in [3.05, 3.63) is 53.4 Å². The molecule has 0 amide bonds. The summed E-state index contributed by atoms with van der Waals surface area (Å²) < 4.78 is 38.6. The Morgan fingerprint density at radius 2 is 2.05 bits per heavy atom. The topological polar surface area (TPSA) is 55.1 Å². The third-order valence-corrected chi connectivity index (χ3v) is 2.80. The molecule has 0 unspecified atom stereocenters. The molecule has 110 valence electrons. The molecule has 1 aromatic carbocycles. The van der Waals surface area contributed by atoms with Crippen molar-refractivity contribution < 1.29 is 23.1 Å². The molecule has 1 aromatic heterocycles. The van der Waals surface area contributed by atoms with E-state index in [1.165, 1.54) is 12.3 Å². The highest BCUT2D eigenvalue weighted by molar-refractivity contribution is 5.85. The molecule has 4 nitrogen and oxygen atoms in total. The van der Waals surface area contributed by atoms with Gasteiger partial charge in [0.15, 0.2) is 5.69 Å². The summed E-state index contributed by atoms with van der Waals surface area (Å²) in [5, 5.41) is 12.0. The Kier molecular flexibility index (Phi) is 3.84. The molecule has 1 heterocycles. The van der Waals surface area contributed by atoms with E-state index in [1.54, 1.807) is 25.1 Å². The van der Waals surface area contributed by atoms with Crippen LogP contribution >= 0.6 is 0 Å². The summed E-state index contributed by atoms with van der Waals surface area (Å²) in [6.07, 6.45) is -0.835. The molecule has 0 aliphatic carbocycles. The van der Waals surface area contributed by atoms with Crippen LogP contribution in [0, 0.1) is 6.92 Å². The zero-order valence-corrected chi connectivity index (χ0v) is 10.9. The summed E-state index contributed by atoms with van der Waals surface area (Å²) in [7, 11) is 0. The van der Waals surface area contributed by atoms with E-state index in [4.69, 9.17) is 5.11 Å². The lowest BCUT2D eigenvalue weighted by Crippen LogP contribution is -2.07.